The van der Waals surface area contributed by atoms with E-state index in [-0.39, 0.29) is 11.7 Å². The fourth-order valence-corrected chi connectivity index (χ4v) is 3.62. The first kappa shape index (κ1) is 18.2. The molecule has 28 heavy (non-hydrogen) atoms. The maximum absolute atomic E-state index is 12.2. The lowest BCUT2D eigenvalue weighted by Crippen LogP contribution is -2.14. The number of hydrogen-bond acceptors (Lipinski definition) is 5. The minimum Gasteiger partial charge on any atom is -0.308 e. The Labute approximate surface area is 166 Å². The molecular formula is C20H20N6OS. The lowest BCUT2D eigenvalue weighted by molar-refractivity contribution is -0.113. The largest absolute Gasteiger partial charge is 0.308 e. The minimum absolute atomic E-state index is 0.130. The number of carbonyl (C=O) groups excluding carboxylic acids is 1. The molecule has 3 heterocycles. The van der Waals surface area contributed by atoms with E-state index < -0.39 is 0 Å². The quantitative estimate of drug-likeness (QED) is 0.505. The van der Waals surface area contributed by atoms with Crippen LogP contribution in [0.1, 0.15) is 16.8 Å². The van der Waals surface area contributed by atoms with Crippen molar-refractivity contribution < 1.29 is 4.79 Å². The smallest absolute Gasteiger partial charge is 0.235 e. The van der Waals surface area contributed by atoms with Crippen LogP contribution in [-0.2, 0) is 4.79 Å². The molecular weight excluding hydrogens is 372 g/mol. The second-order valence-corrected chi connectivity index (χ2v) is 7.63. The number of benzene rings is 1. The zero-order valence-corrected chi connectivity index (χ0v) is 16.7. The summed E-state index contributed by atoms with van der Waals surface area (Å²) < 4.78 is 1.80. The predicted molar refractivity (Wildman–Crippen MR) is 111 cm³/mol. The molecule has 0 aliphatic carbocycles. The van der Waals surface area contributed by atoms with Crippen LogP contribution in [0.3, 0.4) is 0 Å². The number of nitrogens with zero attached hydrogens (tertiary/aromatic N) is 4. The van der Waals surface area contributed by atoms with Crippen molar-refractivity contribution in [3.8, 4) is 11.3 Å². The number of fused-ring (bicyclic) bond motifs is 1. The van der Waals surface area contributed by atoms with Crippen LogP contribution in [-0.4, -0.2) is 36.5 Å². The van der Waals surface area contributed by atoms with Gasteiger partial charge in [-0.05, 0) is 44.0 Å². The highest BCUT2D eigenvalue weighted by atomic mass is 32.2. The summed E-state index contributed by atoms with van der Waals surface area (Å²) in [6, 6.07) is 10.1. The van der Waals surface area contributed by atoms with Gasteiger partial charge in [0.15, 0.2) is 5.82 Å². The van der Waals surface area contributed by atoms with E-state index in [9.17, 15) is 4.79 Å². The summed E-state index contributed by atoms with van der Waals surface area (Å²) in [5.41, 5.74) is 6.21. The van der Waals surface area contributed by atoms with Gasteiger partial charge in [0.1, 0.15) is 5.03 Å². The third-order valence-corrected chi connectivity index (χ3v) is 5.47. The average Bonchev–Trinajstić information content (AvgIpc) is 3.28. The second-order valence-electron chi connectivity index (χ2n) is 6.66. The third kappa shape index (κ3) is 3.77. The zero-order valence-electron chi connectivity index (χ0n) is 15.9. The van der Waals surface area contributed by atoms with Crippen molar-refractivity contribution in [2.75, 3.05) is 11.1 Å². The zero-order chi connectivity index (χ0) is 19.7. The fraction of sp³-hybridized carbons (Fsp3) is 0.200. The minimum atomic E-state index is -0.130. The van der Waals surface area contributed by atoms with Gasteiger partial charge in [0, 0.05) is 29.7 Å². The Bertz CT molecular complexity index is 1160. The number of rotatable bonds is 5. The first-order valence-corrected chi connectivity index (χ1v) is 9.85. The number of thioether (sulfide) groups is 1. The Hall–Kier alpha value is -3.13. The molecule has 142 valence electrons. The molecule has 0 spiro atoms. The van der Waals surface area contributed by atoms with Gasteiger partial charge in [0.25, 0.3) is 0 Å². The van der Waals surface area contributed by atoms with Crippen LogP contribution in [0.15, 0.2) is 47.8 Å². The van der Waals surface area contributed by atoms with Gasteiger partial charge in [0.2, 0.25) is 5.91 Å². The Morgan fingerprint density at radius 2 is 2.04 bits per heavy atom. The lowest BCUT2D eigenvalue weighted by atomic mass is 10.0. The summed E-state index contributed by atoms with van der Waals surface area (Å²) in [5, 5.41) is 15.0. The van der Waals surface area contributed by atoms with Gasteiger partial charge in [-0.25, -0.2) is 9.50 Å². The molecule has 0 fully saturated rings. The van der Waals surface area contributed by atoms with Gasteiger partial charge in [0.05, 0.1) is 17.0 Å². The highest BCUT2D eigenvalue weighted by molar-refractivity contribution is 8.00. The van der Waals surface area contributed by atoms with Crippen molar-refractivity contribution in [1.29, 1.82) is 0 Å². The molecule has 0 aliphatic heterocycles. The van der Waals surface area contributed by atoms with E-state index in [1.54, 1.807) is 16.8 Å². The first-order chi connectivity index (χ1) is 13.5. The van der Waals surface area contributed by atoms with Crippen LogP contribution in [0, 0.1) is 20.8 Å². The van der Waals surface area contributed by atoms with E-state index in [2.05, 4.69) is 57.6 Å². The topological polar surface area (TPSA) is 88.0 Å². The van der Waals surface area contributed by atoms with E-state index in [1.807, 2.05) is 19.2 Å². The molecule has 0 atom stereocenters. The number of anilines is 1. The summed E-state index contributed by atoms with van der Waals surface area (Å²) in [4.78, 5) is 16.6. The number of H-pyrrole nitrogens is 1. The molecule has 1 amide bonds. The Kier molecular flexibility index (Phi) is 4.87. The predicted octanol–water partition coefficient (Wildman–Crippen LogP) is 3.78. The normalized spacial score (nSPS) is 11.1. The van der Waals surface area contributed by atoms with Crippen LogP contribution >= 0.6 is 11.8 Å². The van der Waals surface area contributed by atoms with E-state index in [1.165, 1.54) is 22.9 Å². The Morgan fingerprint density at radius 3 is 2.79 bits per heavy atom. The Balaban J connectivity index is 1.53. The van der Waals surface area contributed by atoms with Crippen LogP contribution in [0.2, 0.25) is 0 Å². The SMILES string of the molecule is Cc1cc(NC(=O)CSc2nccn3nc(-c4ccc(C)c(C)c4)cc23)n[nH]1. The van der Waals surface area contributed by atoms with Crippen molar-refractivity contribution >= 4 is 29.0 Å². The van der Waals surface area contributed by atoms with Crippen molar-refractivity contribution in [2.45, 2.75) is 25.8 Å². The molecule has 4 rings (SSSR count). The summed E-state index contributed by atoms with van der Waals surface area (Å²) in [6.45, 7) is 6.07. The summed E-state index contributed by atoms with van der Waals surface area (Å²) >= 11 is 1.38. The van der Waals surface area contributed by atoms with Gasteiger partial charge in [-0.2, -0.15) is 10.2 Å². The van der Waals surface area contributed by atoms with Crippen molar-refractivity contribution in [1.82, 2.24) is 24.8 Å². The van der Waals surface area contributed by atoms with Gasteiger partial charge in [-0.3, -0.25) is 9.89 Å². The van der Waals surface area contributed by atoms with E-state index >= 15 is 0 Å². The monoisotopic (exact) mass is 392 g/mol. The Morgan fingerprint density at radius 1 is 1.18 bits per heavy atom. The molecule has 7 nitrogen and oxygen atoms in total. The highest BCUT2D eigenvalue weighted by Gasteiger charge is 2.12. The molecule has 0 bridgehead atoms. The van der Waals surface area contributed by atoms with E-state index in [4.69, 9.17) is 0 Å². The van der Waals surface area contributed by atoms with Crippen molar-refractivity contribution in [3.05, 3.63) is 59.5 Å². The molecule has 1 aromatic carbocycles. The van der Waals surface area contributed by atoms with Crippen molar-refractivity contribution in [2.24, 2.45) is 0 Å². The lowest BCUT2D eigenvalue weighted by Gasteiger charge is -2.03. The van der Waals surface area contributed by atoms with Crippen LogP contribution in [0.25, 0.3) is 16.8 Å². The molecule has 0 unspecified atom stereocenters. The standard InChI is InChI=1S/C20H20N6OS/c1-12-4-5-15(8-13(12)2)16-10-17-20(21-6-7-26(17)25-16)28-11-19(27)22-18-9-14(3)23-24-18/h4-10H,11H2,1-3H3,(H2,22,23,24,27). The van der Waals surface area contributed by atoms with Gasteiger partial charge < -0.3 is 5.32 Å². The van der Waals surface area contributed by atoms with Crippen molar-refractivity contribution in [3.63, 3.8) is 0 Å². The molecule has 8 heteroatoms. The van der Waals surface area contributed by atoms with Crippen LogP contribution < -0.4 is 5.32 Å². The fourth-order valence-electron chi connectivity index (χ4n) is 2.85. The number of aromatic nitrogens is 5. The van der Waals surface area contributed by atoms with Gasteiger partial charge >= 0.3 is 0 Å². The van der Waals surface area contributed by atoms with Crippen LogP contribution in [0.4, 0.5) is 5.82 Å². The molecule has 0 saturated carbocycles. The summed E-state index contributed by atoms with van der Waals surface area (Å²) in [5.74, 6) is 0.632. The first-order valence-electron chi connectivity index (χ1n) is 8.86. The molecule has 4 aromatic rings. The average molecular weight is 392 g/mol. The van der Waals surface area contributed by atoms with E-state index in [0.29, 0.717) is 5.82 Å². The maximum Gasteiger partial charge on any atom is 0.235 e. The number of hydrogen-bond donors (Lipinski definition) is 2. The number of nitrogens with one attached hydrogen (secondary N) is 2. The molecule has 0 aliphatic rings. The van der Waals surface area contributed by atoms with E-state index in [0.717, 1.165) is 27.5 Å². The molecule has 2 N–H and O–H groups in total. The molecule has 0 radical (unpaired) electrons. The molecule has 0 saturated heterocycles. The maximum atomic E-state index is 12.2. The van der Waals surface area contributed by atoms with Gasteiger partial charge in [-0.15, -0.1) is 0 Å². The number of aryl methyl sites for hydroxylation is 3. The summed E-state index contributed by atoms with van der Waals surface area (Å²) in [6.07, 6.45) is 3.51. The number of aromatic amines is 1. The number of amides is 1. The highest BCUT2D eigenvalue weighted by Crippen LogP contribution is 2.27. The third-order valence-electron chi connectivity index (χ3n) is 4.47. The second kappa shape index (κ2) is 7.47. The molecule has 3 aromatic heterocycles. The summed E-state index contributed by atoms with van der Waals surface area (Å²) in [7, 11) is 0. The number of carbonyl (C=O) groups is 1. The van der Waals surface area contributed by atoms with Gasteiger partial charge in [-0.1, -0.05) is 23.9 Å². The van der Waals surface area contributed by atoms with Crippen LogP contribution in [0.5, 0.6) is 0 Å².